The third-order valence-electron chi connectivity index (χ3n) is 1.44. The van der Waals surface area contributed by atoms with Crippen LogP contribution in [0.1, 0.15) is 26.7 Å². The highest BCUT2D eigenvalue weighted by atomic mass is 32.2. The molecule has 0 saturated heterocycles. The molecule has 0 aliphatic rings. The highest BCUT2D eigenvalue weighted by Crippen LogP contribution is 2.00. The standard InChI is InChI=1S/C7H14O5S/c1-3-4-7(8)12-5-6(2)13(9,10)11/h6H,3-5H2,1-2H3,(H,9,10,11). The number of hydrogen-bond donors (Lipinski definition) is 1. The molecule has 0 aliphatic carbocycles. The Labute approximate surface area is 77.8 Å². The Morgan fingerprint density at radius 2 is 2.08 bits per heavy atom. The number of esters is 1. The number of rotatable bonds is 5. The van der Waals surface area contributed by atoms with Crippen LogP contribution >= 0.6 is 0 Å². The molecule has 5 nitrogen and oxygen atoms in total. The summed E-state index contributed by atoms with van der Waals surface area (Å²) in [7, 11) is -4.09. The molecular formula is C7H14O5S. The third-order valence-corrected chi connectivity index (χ3v) is 2.59. The second-order valence-electron chi connectivity index (χ2n) is 2.76. The molecule has 0 spiro atoms. The second-order valence-corrected chi connectivity index (χ2v) is 4.59. The van der Waals surface area contributed by atoms with Gasteiger partial charge in [0, 0.05) is 6.42 Å². The molecule has 0 aliphatic heterocycles. The normalized spacial score (nSPS) is 13.8. The number of carbonyl (C=O) groups excluding carboxylic acids is 1. The van der Waals surface area contributed by atoms with E-state index < -0.39 is 21.3 Å². The van der Waals surface area contributed by atoms with E-state index in [1.54, 1.807) is 0 Å². The second kappa shape index (κ2) is 5.18. The van der Waals surface area contributed by atoms with Crippen LogP contribution in [0, 0.1) is 0 Å². The van der Waals surface area contributed by atoms with Gasteiger partial charge in [-0.1, -0.05) is 6.92 Å². The van der Waals surface area contributed by atoms with Crippen LogP contribution in [-0.4, -0.2) is 30.8 Å². The van der Waals surface area contributed by atoms with Crippen molar-refractivity contribution in [2.24, 2.45) is 0 Å². The van der Waals surface area contributed by atoms with Crippen molar-refractivity contribution in [3.05, 3.63) is 0 Å². The van der Waals surface area contributed by atoms with E-state index in [-0.39, 0.29) is 13.0 Å². The van der Waals surface area contributed by atoms with Gasteiger partial charge in [-0.2, -0.15) is 8.42 Å². The maximum absolute atomic E-state index is 10.8. The fourth-order valence-corrected chi connectivity index (χ4v) is 0.813. The van der Waals surface area contributed by atoms with Gasteiger partial charge in [0.05, 0.1) is 0 Å². The molecule has 0 aromatic heterocycles. The van der Waals surface area contributed by atoms with Gasteiger partial charge >= 0.3 is 5.97 Å². The lowest BCUT2D eigenvalue weighted by Crippen LogP contribution is -2.24. The average Bonchev–Trinajstić information content (AvgIpc) is 1.99. The Bertz CT molecular complexity index is 256. The van der Waals surface area contributed by atoms with Crippen LogP contribution in [-0.2, 0) is 19.6 Å². The molecule has 13 heavy (non-hydrogen) atoms. The van der Waals surface area contributed by atoms with E-state index in [1.807, 2.05) is 6.92 Å². The van der Waals surface area contributed by atoms with Crippen LogP contribution in [0.5, 0.6) is 0 Å². The molecule has 6 heteroatoms. The number of carbonyl (C=O) groups is 1. The van der Waals surface area contributed by atoms with E-state index in [1.165, 1.54) is 6.92 Å². The van der Waals surface area contributed by atoms with Gasteiger partial charge in [-0.25, -0.2) is 0 Å². The molecule has 0 radical (unpaired) electrons. The molecule has 78 valence electrons. The highest BCUT2D eigenvalue weighted by molar-refractivity contribution is 7.86. The predicted molar refractivity (Wildman–Crippen MR) is 46.9 cm³/mol. The Kier molecular flexibility index (Phi) is 4.94. The van der Waals surface area contributed by atoms with Crippen molar-refractivity contribution in [2.45, 2.75) is 31.9 Å². The first-order chi connectivity index (χ1) is 5.88. The molecule has 0 bridgehead atoms. The molecule has 0 rings (SSSR count). The zero-order valence-corrected chi connectivity index (χ0v) is 8.50. The summed E-state index contributed by atoms with van der Waals surface area (Å²) in [5.74, 6) is -0.446. The Balaban J connectivity index is 3.84. The molecule has 0 heterocycles. The minimum Gasteiger partial charge on any atom is -0.464 e. The van der Waals surface area contributed by atoms with Crippen molar-refractivity contribution in [1.29, 1.82) is 0 Å². The smallest absolute Gasteiger partial charge is 0.305 e. The fraction of sp³-hybridized carbons (Fsp3) is 0.857. The van der Waals surface area contributed by atoms with E-state index >= 15 is 0 Å². The zero-order chi connectivity index (χ0) is 10.5. The topological polar surface area (TPSA) is 80.7 Å². The first-order valence-corrected chi connectivity index (χ1v) is 5.50. The summed E-state index contributed by atoms with van der Waals surface area (Å²) < 4.78 is 34.0. The van der Waals surface area contributed by atoms with Crippen molar-refractivity contribution < 1.29 is 22.5 Å². The average molecular weight is 210 g/mol. The third kappa shape index (κ3) is 5.59. The van der Waals surface area contributed by atoms with Gasteiger partial charge in [0.25, 0.3) is 10.1 Å². The van der Waals surface area contributed by atoms with Crippen LogP contribution < -0.4 is 0 Å². The van der Waals surface area contributed by atoms with E-state index in [9.17, 15) is 13.2 Å². The van der Waals surface area contributed by atoms with Gasteiger partial charge in [0.2, 0.25) is 0 Å². The minimum absolute atomic E-state index is 0.262. The van der Waals surface area contributed by atoms with Crippen LogP contribution in [0.15, 0.2) is 0 Å². The minimum atomic E-state index is -4.09. The first-order valence-electron chi connectivity index (χ1n) is 3.99. The van der Waals surface area contributed by atoms with Crippen LogP contribution in [0.3, 0.4) is 0 Å². The Hall–Kier alpha value is -0.620. The molecule has 0 saturated carbocycles. The maximum Gasteiger partial charge on any atom is 0.305 e. The molecule has 1 unspecified atom stereocenters. The summed E-state index contributed by atoms with van der Waals surface area (Å²) in [6, 6.07) is 0. The van der Waals surface area contributed by atoms with Gasteiger partial charge < -0.3 is 4.74 Å². The van der Waals surface area contributed by atoms with Crippen LogP contribution in [0.4, 0.5) is 0 Å². The van der Waals surface area contributed by atoms with Gasteiger partial charge in [-0.05, 0) is 13.3 Å². The lowest BCUT2D eigenvalue weighted by atomic mass is 10.3. The summed E-state index contributed by atoms with van der Waals surface area (Å²) in [4.78, 5) is 10.8. The first kappa shape index (κ1) is 12.4. The van der Waals surface area contributed by atoms with Crippen molar-refractivity contribution in [3.8, 4) is 0 Å². The van der Waals surface area contributed by atoms with Gasteiger partial charge in [0.1, 0.15) is 11.9 Å². The Morgan fingerprint density at radius 3 is 2.46 bits per heavy atom. The summed E-state index contributed by atoms with van der Waals surface area (Å²) in [5, 5.41) is -1.06. The molecular weight excluding hydrogens is 196 g/mol. The fourth-order valence-electron chi connectivity index (χ4n) is 0.573. The molecule has 0 aromatic carbocycles. The molecule has 1 atom stereocenters. The van der Waals surface area contributed by atoms with Gasteiger partial charge in [-0.15, -0.1) is 0 Å². The largest absolute Gasteiger partial charge is 0.464 e. The summed E-state index contributed by atoms with van der Waals surface area (Å²) >= 11 is 0. The molecule has 0 aromatic rings. The SMILES string of the molecule is CCCC(=O)OCC(C)S(=O)(=O)O. The quantitative estimate of drug-likeness (QED) is 0.531. The van der Waals surface area contributed by atoms with Crippen LogP contribution in [0.25, 0.3) is 0 Å². The molecule has 0 fully saturated rings. The number of hydrogen-bond acceptors (Lipinski definition) is 4. The summed E-state index contributed by atoms with van der Waals surface area (Å²) in [6.45, 7) is 2.79. The van der Waals surface area contributed by atoms with Crippen LogP contribution in [0.2, 0.25) is 0 Å². The van der Waals surface area contributed by atoms with Gasteiger partial charge in [0.15, 0.2) is 0 Å². The van der Waals surface area contributed by atoms with Crippen molar-refractivity contribution in [1.82, 2.24) is 0 Å². The lowest BCUT2D eigenvalue weighted by molar-refractivity contribution is -0.143. The van der Waals surface area contributed by atoms with Crippen molar-refractivity contribution in [2.75, 3.05) is 6.61 Å². The number of ether oxygens (including phenoxy) is 1. The van der Waals surface area contributed by atoms with Crippen molar-refractivity contribution >= 4 is 16.1 Å². The highest BCUT2D eigenvalue weighted by Gasteiger charge is 2.18. The summed E-state index contributed by atoms with van der Waals surface area (Å²) in [6.07, 6.45) is 0.914. The van der Waals surface area contributed by atoms with Gasteiger partial charge in [-0.3, -0.25) is 9.35 Å². The molecule has 0 amide bonds. The van der Waals surface area contributed by atoms with E-state index in [4.69, 9.17) is 4.55 Å². The van der Waals surface area contributed by atoms with E-state index in [2.05, 4.69) is 4.74 Å². The van der Waals surface area contributed by atoms with Crippen molar-refractivity contribution in [3.63, 3.8) is 0 Å². The Morgan fingerprint density at radius 1 is 1.54 bits per heavy atom. The predicted octanol–water partition coefficient (Wildman–Crippen LogP) is 0.606. The molecule has 1 N–H and O–H groups in total. The lowest BCUT2D eigenvalue weighted by Gasteiger charge is -2.08. The maximum atomic E-state index is 10.8. The zero-order valence-electron chi connectivity index (χ0n) is 7.69. The monoisotopic (exact) mass is 210 g/mol. The van der Waals surface area contributed by atoms with E-state index in [0.717, 1.165) is 0 Å². The van der Waals surface area contributed by atoms with E-state index in [0.29, 0.717) is 6.42 Å². The summed E-state index contributed by atoms with van der Waals surface area (Å²) in [5.41, 5.74) is 0.